The molecule has 0 saturated heterocycles. The number of aldehydes is 1. The normalized spacial score (nSPS) is 12.4. The maximum Gasteiger partial charge on any atom is 0.573 e. The van der Waals surface area contributed by atoms with Gasteiger partial charge in [0.25, 0.3) is 0 Å². The third-order valence-corrected chi connectivity index (χ3v) is 2.16. The van der Waals surface area contributed by atoms with E-state index in [9.17, 15) is 18.0 Å². The molecular formula is C12H13F3O2. The van der Waals surface area contributed by atoms with Gasteiger partial charge in [0.2, 0.25) is 0 Å². The quantitative estimate of drug-likeness (QED) is 0.744. The number of carbonyl (C=O) groups excluding carboxylic acids is 1. The van der Waals surface area contributed by atoms with Gasteiger partial charge in [-0.2, -0.15) is 0 Å². The highest BCUT2D eigenvalue weighted by atomic mass is 19.4. The van der Waals surface area contributed by atoms with E-state index >= 15 is 0 Å². The Morgan fingerprint density at radius 2 is 1.71 bits per heavy atom. The van der Waals surface area contributed by atoms with E-state index in [-0.39, 0.29) is 16.7 Å². The fourth-order valence-electron chi connectivity index (χ4n) is 1.32. The molecule has 1 aromatic rings. The molecule has 0 heterocycles. The van der Waals surface area contributed by atoms with Crippen LogP contribution in [0.2, 0.25) is 0 Å². The summed E-state index contributed by atoms with van der Waals surface area (Å²) >= 11 is 0. The molecule has 1 aromatic carbocycles. The molecule has 0 unspecified atom stereocenters. The molecule has 0 aliphatic carbocycles. The lowest BCUT2D eigenvalue weighted by Crippen LogP contribution is -2.18. The van der Waals surface area contributed by atoms with Crippen LogP contribution in [0.5, 0.6) is 5.75 Å². The zero-order valence-electron chi connectivity index (χ0n) is 9.76. The Balaban J connectivity index is 3.19. The molecule has 0 saturated carbocycles. The Morgan fingerprint density at radius 3 is 2.12 bits per heavy atom. The molecule has 0 spiro atoms. The number of benzene rings is 1. The summed E-state index contributed by atoms with van der Waals surface area (Å²) in [5.74, 6) is -0.368. The van der Waals surface area contributed by atoms with E-state index in [0.29, 0.717) is 11.8 Å². The monoisotopic (exact) mass is 246 g/mol. The van der Waals surface area contributed by atoms with Crippen LogP contribution in [0.4, 0.5) is 13.2 Å². The highest BCUT2D eigenvalue weighted by molar-refractivity contribution is 5.76. The van der Waals surface area contributed by atoms with Crippen molar-refractivity contribution in [3.63, 3.8) is 0 Å². The molecule has 94 valence electrons. The number of ether oxygens (including phenoxy) is 1. The average Bonchev–Trinajstić information content (AvgIpc) is 2.13. The average molecular weight is 246 g/mol. The summed E-state index contributed by atoms with van der Waals surface area (Å²) in [6.07, 6.45) is -4.25. The Kier molecular flexibility index (Phi) is 3.50. The molecule has 0 fully saturated rings. The molecule has 0 bridgehead atoms. The van der Waals surface area contributed by atoms with E-state index in [1.165, 1.54) is 6.07 Å². The number of carbonyl (C=O) groups is 1. The number of hydrogen-bond donors (Lipinski definition) is 0. The highest BCUT2D eigenvalue weighted by Crippen LogP contribution is 2.30. The lowest BCUT2D eigenvalue weighted by molar-refractivity contribution is -0.274. The van der Waals surface area contributed by atoms with Crippen LogP contribution < -0.4 is 4.74 Å². The largest absolute Gasteiger partial charge is 0.573 e. The molecule has 0 aliphatic heterocycles. The Labute approximate surface area is 97.4 Å². The van der Waals surface area contributed by atoms with Crippen molar-refractivity contribution in [2.75, 3.05) is 0 Å². The molecular weight excluding hydrogens is 233 g/mol. The van der Waals surface area contributed by atoms with Gasteiger partial charge in [0.15, 0.2) is 0 Å². The molecule has 1 rings (SSSR count). The number of rotatable bonds is 2. The molecule has 0 atom stereocenters. The maximum atomic E-state index is 12.1. The van der Waals surface area contributed by atoms with E-state index < -0.39 is 6.36 Å². The second-order valence-electron chi connectivity index (χ2n) is 4.71. The Bertz CT molecular complexity index is 417. The molecule has 0 N–H and O–H groups in total. The minimum absolute atomic E-state index is 0.164. The maximum absolute atomic E-state index is 12.1. The van der Waals surface area contributed by atoms with Crippen molar-refractivity contribution in [3.05, 3.63) is 29.3 Å². The second kappa shape index (κ2) is 4.39. The first kappa shape index (κ1) is 13.5. The summed E-state index contributed by atoms with van der Waals surface area (Å²) in [7, 11) is 0. The van der Waals surface area contributed by atoms with Gasteiger partial charge in [-0.1, -0.05) is 20.8 Å². The third-order valence-electron chi connectivity index (χ3n) is 2.16. The molecule has 5 heteroatoms. The van der Waals surface area contributed by atoms with Crippen molar-refractivity contribution in [3.8, 4) is 5.75 Å². The van der Waals surface area contributed by atoms with Crippen LogP contribution in [0.15, 0.2) is 18.2 Å². The topological polar surface area (TPSA) is 26.3 Å². The molecule has 17 heavy (non-hydrogen) atoms. The first-order valence-electron chi connectivity index (χ1n) is 4.98. The number of halogens is 3. The van der Waals surface area contributed by atoms with Gasteiger partial charge in [-0.15, -0.1) is 13.2 Å². The van der Waals surface area contributed by atoms with Crippen LogP contribution in [0.1, 0.15) is 36.7 Å². The molecule has 0 aliphatic rings. The van der Waals surface area contributed by atoms with Crippen molar-refractivity contribution in [2.24, 2.45) is 0 Å². The molecule has 0 aromatic heterocycles. The van der Waals surface area contributed by atoms with E-state index in [1.54, 1.807) is 6.07 Å². The fraction of sp³-hybridized carbons (Fsp3) is 0.417. The van der Waals surface area contributed by atoms with Crippen molar-refractivity contribution in [1.29, 1.82) is 0 Å². The van der Waals surface area contributed by atoms with Crippen LogP contribution in [0, 0.1) is 0 Å². The summed E-state index contributed by atoms with van der Waals surface area (Å²) in [5, 5.41) is 0. The summed E-state index contributed by atoms with van der Waals surface area (Å²) in [4.78, 5) is 10.7. The van der Waals surface area contributed by atoms with Gasteiger partial charge in [-0.05, 0) is 29.2 Å². The summed E-state index contributed by atoms with van der Waals surface area (Å²) in [6.45, 7) is 5.52. The van der Waals surface area contributed by atoms with E-state index in [4.69, 9.17) is 0 Å². The molecule has 0 radical (unpaired) electrons. The third kappa shape index (κ3) is 4.09. The summed E-state index contributed by atoms with van der Waals surface area (Å²) in [6, 6.07) is 3.91. The van der Waals surface area contributed by atoms with Crippen molar-refractivity contribution >= 4 is 6.29 Å². The van der Waals surface area contributed by atoms with Gasteiger partial charge >= 0.3 is 6.36 Å². The van der Waals surface area contributed by atoms with Gasteiger partial charge < -0.3 is 4.74 Å². The SMILES string of the molecule is CC(C)(C)c1cc(C=O)cc(OC(F)(F)F)c1. The Morgan fingerprint density at radius 1 is 1.12 bits per heavy atom. The number of hydrogen-bond acceptors (Lipinski definition) is 2. The van der Waals surface area contributed by atoms with Crippen LogP contribution in [0.3, 0.4) is 0 Å². The summed E-state index contributed by atoms with van der Waals surface area (Å²) in [5.41, 5.74) is 0.418. The van der Waals surface area contributed by atoms with E-state index in [1.807, 2.05) is 20.8 Å². The lowest BCUT2D eigenvalue weighted by atomic mass is 9.86. The fourth-order valence-corrected chi connectivity index (χ4v) is 1.32. The second-order valence-corrected chi connectivity index (χ2v) is 4.71. The smallest absolute Gasteiger partial charge is 0.406 e. The van der Waals surface area contributed by atoms with E-state index in [2.05, 4.69) is 4.74 Å². The van der Waals surface area contributed by atoms with Crippen LogP contribution in [-0.2, 0) is 5.41 Å². The standard InChI is InChI=1S/C12H13F3O2/c1-11(2,3)9-4-8(7-16)5-10(6-9)17-12(13,14)15/h4-7H,1-3H3. The van der Waals surface area contributed by atoms with Crippen molar-refractivity contribution < 1.29 is 22.7 Å². The van der Waals surface area contributed by atoms with Crippen LogP contribution >= 0.6 is 0 Å². The van der Waals surface area contributed by atoms with Gasteiger partial charge in [0.1, 0.15) is 12.0 Å². The van der Waals surface area contributed by atoms with Gasteiger partial charge in [-0.3, -0.25) is 4.79 Å². The highest BCUT2D eigenvalue weighted by Gasteiger charge is 2.31. The minimum atomic E-state index is -4.75. The predicted molar refractivity (Wildman–Crippen MR) is 57.2 cm³/mol. The van der Waals surface area contributed by atoms with Gasteiger partial charge in [0, 0.05) is 5.56 Å². The van der Waals surface area contributed by atoms with Crippen LogP contribution in [0.25, 0.3) is 0 Å². The lowest BCUT2D eigenvalue weighted by Gasteiger charge is -2.20. The zero-order valence-corrected chi connectivity index (χ0v) is 9.76. The van der Waals surface area contributed by atoms with Gasteiger partial charge in [-0.25, -0.2) is 0 Å². The summed E-state index contributed by atoms with van der Waals surface area (Å²) < 4.78 is 40.1. The first-order chi connectivity index (χ1) is 7.62. The van der Waals surface area contributed by atoms with E-state index in [0.717, 1.165) is 6.07 Å². The van der Waals surface area contributed by atoms with Crippen molar-refractivity contribution in [2.45, 2.75) is 32.5 Å². The number of alkyl halides is 3. The molecule has 0 amide bonds. The van der Waals surface area contributed by atoms with Gasteiger partial charge in [0.05, 0.1) is 0 Å². The minimum Gasteiger partial charge on any atom is -0.406 e. The molecule has 2 nitrogen and oxygen atoms in total. The first-order valence-corrected chi connectivity index (χ1v) is 4.98. The zero-order chi connectivity index (χ0) is 13.3. The Hall–Kier alpha value is -1.52. The predicted octanol–water partition coefficient (Wildman–Crippen LogP) is 3.70. The van der Waals surface area contributed by atoms with Crippen LogP contribution in [-0.4, -0.2) is 12.6 Å². The van der Waals surface area contributed by atoms with Crippen molar-refractivity contribution in [1.82, 2.24) is 0 Å².